The number of alkyl halides is 6. The Balaban J connectivity index is 0.000000207. The van der Waals surface area contributed by atoms with E-state index in [-0.39, 0.29) is 13.1 Å². The molecule has 0 aliphatic carbocycles. The second-order valence-electron chi connectivity index (χ2n) is 13.8. The maximum Gasteiger partial charge on any atom is 0.390 e. The Morgan fingerprint density at radius 2 is 1.16 bits per heavy atom. The van der Waals surface area contributed by atoms with Crippen molar-refractivity contribution < 1.29 is 45.4 Å². The van der Waals surface area contributed by atoms with Crippen LogP contribution in [0.25, 0.3) is 44.7 Å². The highest BCUT2D eigenvalue weighted by atomic mass is 79.9. The van der Waals surface area contributed by atoms with Crippen LogP contribution in [0.3, 0.4) is 0 Å². The fraction of sp³-hybridized carbons (Fsp3) is 0.262. The van der Waals surface area contributed by atoms with E-state index in [1.165, 1.54) is 14.2 Å². The van der Waals surface area contributed by atoms with E-state index in [1.807, 2.05) is 39.5 Å². The maximum atomic E-state index is 12.7. The summed E-state index contributed by atoms with van der Waals surface area (Å²) in [6.45, 7) is 3.09. The number of halogens is 7. The number of hydrogen-bond donors (Lipinski definition) is 2. The normalized spacial score (nSPS) is 11.7. The molecule has 0 bridgehead atoms. The lowest BCUT2D eigenvalue weighted by Gasteiger charge is -2.13. The highest BCUT2D eigenvalue weighted by molar-refractivity contribution is 9.10. The Morgan fingerprint density at radius 1 is 0.689 bits per heavy atom. The number of imidazole rings is 2. The monoisotopic (exact) mass is 912 g/mol. The number of methoxy groups -OCH3 is 2. The summed E-state index contributed by atoms with van der Waals surface area (Å²) in [5.41, 5.74) is 9.02. The summed E-state index contributed by atoms with van der Waals surface area (Å²) in [7, 11) is 4.44. The highest BCUT2D eigenvalue weighted by Crippen LogP contribution is 2.34. The zero-order chi connectivity index (χ0) is 44.2. The number of anilines is 2. The van der Waals surface area contributed by atoms with Gasteiger partial charge in [-0.05, 0) is 91.7 Å². The van der Waals surface area contributed by atoms with E-state index >= 15 is 0 Å². The quantitative estimate of drug-likeness (QED) is 0.0962. The minimum absolute atomic E-state index is 0.241. The number of rotatable bonds is 11. The minimum Gasteiger partial charge on any atom is -0.465 e. The van der Waals surface area contributed by atoms with Crippen LogP contribution in [0, 0.1) is 13.8 Å². The zero-order valence-electron chi connectivity index (χ0n) is 33.4. The van der Waals surface area contributed by atoms with Gasteiger partial charge in [0.25, 0.3) is 0 Å². The molecule has 0 atom stereocenters. The van der Waals surface area contributed by atoms with E-state index < -0.39 is 37.1 Å². The molecule has 0 fully saturated rings. The van der Waals surface area contributed by atoms with Crippen LogP contribution in [-0.2, 0) is 16.5 Å². The topological polar surface area (TPSA) is 130 Å². The average molecular weight is 914 g/mol. The number of benzene rings is 4. The number of hydrogen-bond acceptors (Lipinski definition) is 9. The first-order valence-electron chi connectivity index (χ1n) is 18.5. The Kier molecular flexibility index (Phi) is 13.1. The molecule has 0 aliphatic heterocycles. The molecule has 3 aromatic heterocycles. The van der Waals surface area contributed by atoms with Crippen LogP contribution in [0.15, 0.2) is 90.1 Å². The lowest BCUT2D eigenvalue weighted by atomic mass is 10.1. The van der Waals surface area contributed by atoms with Gasteiger partial charge in [-0.3, -0.25) is 13.8 Å². The first kappa shape index (κ1) is 44.2. The van der Waals surface area contributed by atoms with Crippen molar-refractivity contribution in [3.05, 3.63) is 112 Å². The van der Waals surface area contributed by atoms with E-state index in [4.69, 9.17) is 9.47 Å². The molecule has 2 N–H and O–H groups in total. The van der Waals surface area contributed by atoms with Crippen molar-refractivity contribution in [3.8, 4) is 22.6 Å². The van der Waals surface area contributed by atoms with Gasteiger partial charge in [0, 0.05) is 47.7 Å². The molecule has 0 aliphatic rings. The van der Waals surface area contributed by atoms with Gasteiger partial charge in [0.2, 0.25) is 0 Å². The summed E-state index contributed by atoms with van der Waals surface area (Å²) >= 11 is 3.40. The van der Waals surface area contributed by atoms with Gasteiger partial charge in [-0.2, -0.15) is 31.4 Å². The molecule has 12 nitrogen and oxygen atoms in total. The van der Waals surface area contributed by atoms with Crippen molar-refractivity contribution in [2.24, 2.45) is 7.05 Å². The molecule has 320 valence electrons. The van der Waals surface area contributed by atoms with Crippen molar-refractivity contribution in [2.45, 2.75) is 39.0 Å². The van der Waals surface area contributed by atoms with E-state index in [0.29, 0.717) is 49.0 Å². The molecule has 19 heteroatoms. The molecule has 0 spiro atoms. The van der Waals surface area contributed by atoms with Crippen LogP contribution in [-0.4, -0.2) is 80.5 Å². The summed E-state index contributed by atoms with van der Waals surface area (Å²) in [5.74, 6) is -0.845. The SMILES string of the molecule is COC(=O)c1ccc(-n2cnc3c(NCCC(F)(F)F)cc(-c4ccnn4C)cc32)cc1C.COC(=O)c1ccc(-n2cnc3c(NCCC(F)(F)F)cc(Br)cc32)cc1C. The minimum atomic E-state index is -4.26. The first-order chi connectivity index (χ1) is 28.9. The predicted octanol–water partition coefficient (Wildman–Crippen LogP) is 10.1. The summed E-state index contributed by atoms with van der Waals surface area (Å²) < 4.78 is 91.0. The van der Waals surface area contributed by atoms with Crippen molar-refractivity contribution in [1.82, 2.24) is 28.9 Å². The Bertz CT molecular complexity index is 2720. The van der Waals surface area contributed by atoms with Crippen molar-refractivity contribution in [1.29, 1.82) is 0 Å². The molecule has 0 radical (unpaired) electrons. The van der Waals surface area contributed by atoms with E-state index in [0.717, 1.165) is 33.8 Å². The molecule has 4 aromatic carbocycles. The van der Waals surface area contributed by atoms with Crippen LogP contribution in [0.1, 0.15) is 44.7 Å². The molecule has 7 aromatic rings. The number of ether oxygens (including phenoxy) is 2. The third-order valence-corrected chi connectivity index (χ3v) is 10.1. The summed E-state index contributed by atoms with van der Waals surface area (Å²) in [6, 6.07) is 19.6. The number of carbonyl (C=O) groups is 2. The fourth-order valence-corrected chi connectivity index (χ4v) is 7.08. The summed E-state index contributed by atoms with van der Waals surface area (Å²) in [5, 5.41) is 9.89. The molecule has 61 heavy (non-hydrogen) atoms. The van der Waals surface area contributed by atoms with Crippen LogP contribution in [0.4, 0.5) is 37.7 Å². The van der Waals surface area contributed by atoms with Gasteiger partial charge in [-0.15, -0.1) is 0 Å². The number of aryl methyl sites for hydroxylation is 3. The van der Waals surface area contributed by atoms with Gasteiger partial charge in [-0.25, -0.2) is 19.6 Å². The number of nitrogens with zero attached hydrogens (tertiary/aromatic N) is 6. The van der Waals surface area contributed by atoms with Crippen molar-refractivity contribution in [2.75, 3.05) is 37.9 Å². The van der Waals surface area contributed by atoms with Crippen LogP contribution >= 0.6 is 15.9 Å². The number of fused-ring (bicyclic) bond motifs is 2. The third kappa shape index (κ3) is 10.3. The third-order valence-electron chi connectivity index (χ3n) is 9.62. The largest absolute Gasteiger partial charge is 0.465 e. The highest BCUT2D eigenvalue weighted by Gasteiger charge is 2.27. The predicted molar refractivity (Wildman–Crippen MR) is 223 cm³/mol. The number of aromatic nitrogens is 6. The van der Waals surface area contributed by atoms with Gasteiger partial charge in [0.1, 0.15) is 23.7 Å². The van der Waals surface area contributed by atoms with E-state index in [2.05, 4.69) is 41.6 Å². The smallest absolute Gasteiger partial charge is 0.390 e. The molecule has 0 unspecified atom stereocenters. The van der Waals surface area contributed by atoms with E-state index in [9.17, 15) is 35.9 Å². The molecule has 0 amide bonds. The van der Waals surface area contributed by atoms with Crippen molar-refractivity contribution >= 4 is 61.3 Å². The number of carbonyl (C=O) groups excluding carboxylic acids is 2. The van der Waals surface area contributed by atoms with Crippen LogP contribution in [0.2, 0.25) is 0 Å². The first-order valence-corrected chi connectivity index (χ1v) is 19.3. The van der Waals surface area contributed by atoms with Gasteiger partial charge < -0.3 is 20.1 Å². The lowest BCUT2D eigenvalue weighted by Crippen LogP contribution is -2.14. The standard InChI is InChI=1S/C23H22F3N5O2.C19H17BrF3N3O2/c1-14-10-16(4-5-17(14)22(32)33-3)31-13-28-21-18(27-9-7-23(24,25)26)11-15(12-20(21)31)19-6-8-29-30(19)2;1-11-7-13(3-4-14(11)18(27)28-2)26-10-25-17-15(8-12(20)9-16(17)26)24-6-5-19(21,22)23/h4-6,8,10-13,27H,7,9H2,1-3H3;3-4,7-10,24H,5-6H2,1-2H3. The molecule has 3 heterocycles. The number of nitrogens with one attached hydrogen (secondary N) is 2. The molecule has 0 saturated carbocycles. The van der Waals surface area contributed by atoms with Crippen LogP contribution in [0.5, 0.6) is 0 Å². The fourth-order valence-electron chi connectivity index (χ4n) is 6.64. The zero-order valence-corrected chi connectivity index (χ0v) is 35.0. The van der Waals surface area contributed by atoms with Crippen molar-refractivity contribution in [3.63, 3.8) is 0 Å². The maximum absolute atomic E-state index is 12.7. The molecule has 0 saturated heterocycles. The molecular weight excluding hydrogens is 874 g/mol. The average Bonchev–Trinajstić information content (AvgIpc) is 3.95. The summed E-state index contributed by atoms with van der Waals surface area (Å²) in [6.07, 6.45) is -5.52. The Morgan fingerprint density at radius 3 is 1.59 bits per heavy atom. The second-order valence-corrected chi connectivity index (χ2v) is 14.8. The Labute approximate surface area is 353 Å². The van der Waals surface area contributed by atoms with Gasteiger partial charge in [-0.1, -0.05) is 15.9 Å². The van der Waals surface area contributed by atoms with E-state index in [1.54, 1.807) is 80.8 Å². The summed E-state index contributed by atoms with van der Waals surface area (Å²) in [4.78, 5) is 32.5. The van der Waals surface area contributed by atoms with Crippen LogP contribution < -0.4 is 10.6 Å². The molecular formula is C42H39BrF6N8O4. The number of esters is 2. The van der Waals surface area contributed by atoms with Gasteiger partial charge in [0.05, 0.1) is 66.3 Å². The van der Waals surface area contributed by atoms with Gasteiger partial charge in [0.15, 0.2) is 0 Å². The Hall–Kier alpha value is -6.37. The van der Waals surface area contributed by atoms with Gasteiger partial charge >= 0.3 is 24.3 Å². The lowest BCUT2D eigenvalue weighted by molar-refractivity contribution is -0.132. The second kappa shape index (κ2) is 18.1. The molecule has 7 rings (SSSR count).